The van der Waals surface area contributed by atoms with Gasteiger partial charge in [0.05, 0.1) is 0 Å². The highest BCUT2D eigenvalue weighted by molar-refractivity contribution is 6.01. The van der Waals surface area contributed by atoms with Gasteiger partial charge in [0.25, 0.3) is 0 Å². The van der Waals surface area contributed by atoms with Crippen molar-refractivity contribution in [2.24, 2.45) is 57.2 Å². The first-order valence-corrected chi connectivity index (χ1v) is 7.30. The fourth-order valence-electron chi connectivity index (χ4n) is 5.42. The molecule has 0 aromatic heterocycles. The van der Waals surface area contributed by atoms with E-state index in [-0.39, 0.29) is 0 Å². The molecular formula is C13H18N6O2. The van der Waals surface area contributed by atoms with E-state index >= 15 is 0 Å². The second-order valence-corrected chi connectivity index (χ2v) is 6.51. The van der Waals surface area contributed by atoms with E-state index in [2.05, 4.69) is 21.1 Å². The van der Waals surface area contributed by atoms with Crippen molar-refractivity contribution in [1.82, 2.24) is 10.9 Å². The van der Waals surface area contributed by atoms with Crippen LogP contribution in [-0.4, -0.2) is 23.5 Å². The fourth-order valence-corrected chi connectivity index (χ4v) is 5.42. The average molecular weight is 290 g/mol. The molecular weight excluding hydrogens is 272 g/mol. The van der Waals surface area contributed by atoms with Gasteiger partial charge in [0, 0.05) is 23.3 Å². The number of hydrogen-bond acceptors (Lipinski definition) is 4. The van der Waals surface area contributed by atoms with E-state index in [1.807, 2.05) is 0 Å². The first-order valence-electron chi connectivity index (χ1n) is 7.30. The Morgan fingerprint density at radius 2 is 1.29 bits per heavy atom. The third-order valence-corrected chi connectivity index (χ3v) is 5.78. The first-order chi connectivity index (χ1) is 10.1. The number of nitrogens with one attached hydrogen (secondary N) is 2. The van der Waals surface area contributed by atoms with Crippen LogP contribution in [0, 0.1) is 35.5 Å². The van der Waals surface area contributed by atoms with Gasteiger partial charge >= 0.3 is 12.1 Å². The zero-order valence-corrected chi connectivity index (χ0v) is 11.5. The summed E-state index contributed by atoms with van der Waals surface area (Å²) in [5.41, 5.74) is 17.0. The number of nitrogens with zero attached hydrogens (tertiary/aromatic N) is 2. The molecule has 4 fully saturated rings. The lowest BCUT2D eigenvalue weighted by atomic mass is 9.79. The molecule has 8 nitrogen and oxygen atoms in total. The molecule has 112 valence electrons. The van der Waals surface area contributed by atoms with E-state index in [1.54, 1.807) is 0 Å². The van der Waals surface area contributed by atoms with Gasteiger partial charge in [-0.3, -0.25) is 0 Å². The average Bonchev–Trinajstić information content (AvgIpc) is 3.03. The standard InChI is InChI=1S/C13H18N6O2/c14-12(20)18-16-8-2-4-5-3-9(17-19-13(15)21)11-7(5)1-6(4)10(8)11/h4-7,10-11H,1-3H2,(H3,14,18,20)(H3,15,19,21)/b16-8+,17-9+/t4-,5+,6-,7+,10-,11+. The zero-order chi connectivity index (χ0) is 14.7. The summed E-state index contributed by atoms with van der Waals surface area (Å²) in [4.78, 5) is 21.7. The van der Waals surface area contributed by atoms with E-state index in [0.717, 1.165) is 24.3 Å². The normalized spacial score (nSPS) is 45.5. The third-order valence-electron chi connectivity index (χ3n) is 5.78. The Balaban J connectivity index is 1.63. The maximum Gasteiger partial charge on any atom is 0.332 e. The predicted octanol–water partition coefficient (Wildman–Crippen LogP) is -0.0431. The number of amides is 4. The van der Waals surface area contributed by atoms with E-state index in [0.29, 0.717) is 35.5 Å². The van der Waals surface area contributed by atoms with Crippen LogP contribution >= 0.6 is 0 Å². The van der Waals surface area contributed by atoms with Gasteiger partial charge in [0.15, 0.2) is 0 Å². The summed E-state index contributed by atoms with van der Waals surface area (Å²) in [5.74, 6) is 3.20. The Hall–Kier alpha value is -2.12. The van der Waals surface area contributed by atoms with Gasteiger partial charge in [-0.2, -0.15) is 10.2 Å². The largest absolute Gasteiger partial charge is 0.350 e. The van der Waals surface area contributed by atoms with Crippen molar-refractivity contribution in [3.05, 3.63) is 0 Å². The number of fused-ring (bicyclic) bond motifs is 2. The van der Waals surface area contributed by atoms with Crippen LogP contribution in [0.1, 0.15) is 19.3 Å². The van der Waals surface area contributed by atoms with Crippen molar-refractivity contribution in [3.8, 4) is 0 Å². The lowest BCUT2D eigenvalue weighted by Gasteiger charge is -2.24. The number of nitrogens with two attached hydrogens (primary N) is 2. The highest BCUT2D eigenvalue weighted by Gasteiger charge is 2.67. The molecule has 6 N–H and O–H groups in total. The van der Waals surface area contributed by atoms with Gasteiger partial charge in [0.2, 0.25) is 0 Å². The molecule has 0 heterocycles. The Kier molecular flexibility index (Phi) is 2.51. The number of hydrogen-bond donors (Lipinski definition) is 4. The number of hydrazone groups is 2. The number of rotatable bonds is 2. The van der Waals surface area contributed by atoms with Gasteiger partial charge in [-0.15, -0.1) is 0 Å². The van der Waals surface area contributed by atoms with Crippen molar-refractivity contribution in [2.45, 2.75) is 19.3 Å². The molecule has 4 rings (SSSR count). The smallest absolute Gasteiger partial charge is 0.332 e. The maximum atomic E-state index is 10.9. The molecule has 0 aromatic rings. The number of carbonyl (C=O) groups excluding carboxylic acids is 2. The molecule has 2 bridgehead atoms. The number of carbonyl (C=O) groups is 2. The Labute approximate surface area is 121 Å². The van der Waals surface area contributed by atoms with Crippen LogP contribution in [0.4, 0.5) is 9.59 Å². The monoisotopic (exact) mass is 290 g/mol. The summed E-state index contributed by atoms with van der Waals surface area (Å²) >= 11 is 0. The SMILES string of the molecule is NC(=O)N/N=C1\C[C@H]2[C@H]3C/C(=N\NC(N)=O)[C@H]4[C@@H]3C[C@@H]2[C@@H]14. The fraction of sp³-hybridized carbons (Fsp3) is 0.692. The quantitative estimate of drug-likeness (QED) is 0.531. The summed E-state index contributed by atoms with van der Waals surface area (Å²) in [6.07, 6.45) is 3.10. The minimum Gasteiger partial charge on any atom is -0.350 e. The molecule has 6 atom stereocenters. The van der Waals surface area contributed by atoms with Crippen LogP contribution in [-0.2, 0) is 0 Å². The van der Waals surface area contributed by atoms with Crippen LogP contribution < -0.4 is 22.3 Å². The summed E-state index contributed by atoms with van der Waals surface area (Å²) in [5, 5.41) is 8.43. The highest BCUT2D eigenvalue weighted by atomic mass is 16.2. The van der Waals surface area contributed by atoms with Crippen molar-refractivity contribution in [1.29, 1.82) is 0 Å². The maximum absolute atomic E-state index is 10.9. The lowest BCUT2D eigenvalue weighted by Crippen LogP contribution is -2.32. The highest BCUT2D eigenvalue weighted by Crippen LogP contribution is 2.68. The Morgan fingerprint density at radius 1 is 0.857 bits per heavy atom. The van der Waals surface area contributed by atoms with Gasteiger partial charge in [-0.25, -0.2) is 20.4 Å². The molecule has 8 heteroatoms. The number of primary amides is 2. The lowest BCUT2D eigenvalue weighted by molar-refractivity contribution is 0.241. The van der Waals surface area contributed by atoms with Crippen LogP contribution in [0.3, 0.4) is 0 Å². The van der Waals surface area contributed by atoms with Crippen LogP contribution in [0.2, 0.25) is 0 Å². The number of urea groups is 2. The van der Waals surface area contributed by atoms with Crippen molar-refractivity contribution >= 4 is 23.5 Å². The molecule has 0 saturated heterocycles. The zero-order valence-electron chi connectivity index (χ0n) is 11.5. The summed E-state index contributed by atoms with van der Waals surface area (Å²) in [6, 6.07) is -1.27. The minimum absolute atomic E-state index is 0.332. The van der Waals surface area contributed by atoms with Crippen LogP contribution in [0.5, 0.6) is 0 Å². The Bertz CT molecular complexity index is 531. The minimum atomic E-state index is -0.634. The van der Waals surface area contributed by atoms with Crippen LogP contribution in [0.15, 0.2) is 10.2 Å². The van der Waals surface area contributed by atoms with Crippen LogP contribution in [0.25, 0.3) is 0 Å². The molecule has 0 aromatic carbocycles. The molecule has 0 aliphatic heterocycles. The second-order valence-electron chi connectivity index (χ2n) is 6.51. The third kappa shape index (κ3) is 1.68. The van der Waals surface area contributed by atoms with Gasteiger partial charge in [-0.05, 0) is 42.9 Å². The van der Waals surface area contributed by atoms with E-state index in [4.69, 9.17) is 11.5 Å². The van der Waals surface area contributed by atoms with Gasteiger partial charge < -0.3 is 11.5 Å². The van der Waals surface area contributed by atoms with E-state index in [9.17, 15) is 9.59 Å². The molecule has 4 aliphatic rings. The Morgan fingerprint density at radius 3 is 1.67 bits per heavy atom. The molecule has 0 spiro atoms. The van der Waals surface area contributed by atoms with Crippen molar-refractivity contribution in [3.63, 3.8) is 0 Å². The first kappa shape index (κ1) is 12.6. The molecule has 4 amide bonds. The molecule has 0 radical (unpaired) electrons. The summed E-state index contributed by atoms with van der Waals surface area (Å²) < 4.78 is 0. The van der Waals surface area contributed by atoms with E-state index < -0.39 is 12.1 Å². The van der Waals surface area contributed by atoms with Gasteiger partial charge in [-0.1, -0.05) is 0 Å². The van der Waals surface area contributed by atoms with Crippen molar-refractivity contribution < 1.29 is 9.59 Å². The second kappa shape index (κ2) is 4.19. The van der Waals surface area contributed by atoms with Crippen molar-refractivity contribution in [2.75, 3.05) is 0 Å². The van der Waals surface area contributed by atoms with E-state index in [1.165, 1.54) is 6.42 Å². The molecule has 4 aliphatic carbocycles. The van der Waals surface area contributed by atoms with Gasteiger partial charge in [0.1, 0.15) is 0 Å². The molecule has 21 heavy (non-hydrogen) atoms. The molecule has 4 saturated carbocycles. The predicted molar refractivity (Wildman–Crippen MR) is 75.1 cm³/mol. The topological polar surface area (TPSA) is 135 Å². The summed E-state index contributed by atoms with van der Waals surface area (Å²) in [6.45, 7) is 0. The summed E-state index contributed by atoms with van der Waals surface area (Å²) in [7, 11) is 0. The molecule has 0 unspecified atom stereocenters.